The summed E-state index contributed by atoms with van der Waals surface area (Å²) in [7, 11) is -3.49. The highest BCUT2D eigenvalue weighted by molar-refractivity contribution is 7.89. The molecular weight excluding hydrogens is 288 g/mol. The zero-order valence-electron chi connectivity index (χ0n) is 13.1. The molecule has 1 amide bonds. The smallest absolute Gasteiger partial charge is 0.240 e. The van der Waals surface area contributed by atoms with Gasteiger partial charge in [0.05, 0.1) is 4.90 Å². The maximum absolute atomic E-state index is 12.1. The number of amides is 1. The molecule has 1 rings (SSSR count). The molecule has 0 saturated heterocycles. The van der Waals surface area contributed by atoms with E-state index in [1.807, 2.05) is 0 Å². The first-order valence-electron chi connectivity index (χ1n) is 6.97. The van der Waals surface area contributed by atoms with Crippen molar-refractivity contribution in [1.29, 1.82) is 0 Å². The predicted molar refractivity (Wildman–Crippen MR) is 84.6 cm³/mol. The number of hydrogen-bond acceptors (Lipinski definition) is 3. The first-order chi connectivity index (χ1) is 9.60. The van der Waals surface area contributed by atoms with Crippen molar-refractivity contribution in [2.45, 2.75) is 45.4 Å². The second-order valence-electron chi connectivity index (χ2n) is 6.27. The molecule has 5 nitrogen and oxygen atoms in total. The number of carbonyl (C=O) groups excluding carboxylic acids is 1. The van der Waals surface area contributed by atoms with Gasteiger partial charge in [-0.05, 0) is 42.5 Å². The number of anilines is 1. The highest BCUT2D eigenvalue weighted by Crippen LogP contribution is 2.20. The first kappa shape index (κ1) is 17.7. The van der Waals surface area contributed by atoms with Crippen LogP contribution in [-0.4, -0.2) is 20.9 Å². The van der Waals surface area contributed by atoms with E-state index in [0.717, 1.165) is 12.8 Å². The Morgan fingerprint density at radius 1 is 1.14 bits per heavy atom. The van der Waals surface area contributed by atoms with Crippen LogP contribution in [0.5, 0.6) is 0 Å². The summed E-state index contributed by atoms with van der Waals surface area (Å²) in [5.74, 6) is -0.189. The number of benzene rings is 1. The standard InChI is InChI=1S/C15H24N2O3S/c1-12(18)17-13-6-8-14(9-7-13)21(19,20)16-11-5-10-15(2,3)4/h6-9,16H,5,10-11H2,1-4H3,(H,17,18). The molecule has 0 heterocycles. The van der Waals surface area contributed by atoms with Crippen molar-refractivity contribution in [2.75, 3.05) is 11.9 Å². The van der Waals surface area contributed by atoms with Gasteiger partial charge in [0.25, 0.3) is 0 Å². The van der Waals surface area contributed by atoms with Gasteiger partial charge >= 0.3 is 0 Å². The molecule has 0 bridgehead atoms. The summed E-state index contributed by atoms with van der Waals surface area (Å²) in [5, 5.41) is 2.60. The van der Waals surface area contributed by atoms with Crippen molar-refractivity contribution in [2.24, 2.45) is 5.41 Å². The number of hydrogen-bond donors (Lipinski definition) is 2. The third-order valence-corrected chi connectivity index (χ3v) is 4.36. The van der Waals surface area contributed by atoms with Crippen molar-refractivity contribution < 1.29 is 13.2 Å². The lowest BCUT2D eigenvalue weighted by Gasteiger charge is -2.17. The van der Waals surface area contributed by atoms with Crippen LogP contribution in [0.15, 0.2) is 29.2 Å². The Hall–Kier alpha value is -1.40. The summed E-state index contributed by atoms with van der Waals surface area (Å²) in [6, 6.07) is 6.12. The molecule has 0 aliphatic heterocycles. The van der Waals surface area contributed by atoms with Gasteiger partial charge in [-0.15, -0.1) is 0 Å². The molecule has 0 aliphatic rings. The Labute approximate surface area is 127 Å². The van der Waals surface area contributed by atoms with Crippen LogP contribution in [0.25, 0.3) is 0 Å². The lowest BCUT2D eigenvalue weighted by molar-refractivity contribution is -0.114. The minimum atomic E-state index is -3.49. The summed E-state index contributed by atoms with van der Waals surface area (Å²) in [4.78, 5) is 11.1. The molecule has 6 heteroatoms. The van der Waals surface area contributed by atoms with Crippen LogP contribution in [0.3, 0.4) is 0 Å². The summed E-state index contributed by atoms with van der Waals surface area (Å²) in [6.45, 7) is 8.21. The van der Waals surface area contributed by atoms with Crippen LogP contribution in [0.2, 0.25) is 0 Å². The second-order valence-corrected chi connectivity index (χ2v) is 8.03. The van der Waals surface area contributed by atoms with Crippen molar-refractivity contribution in [3.63, 3.8) is 0 Å². The van der Waals surface area contributed by atoms with Gasteiger partial charge in [-0.2, -0.15) is 0 Å². The third-order valence-electron chi connectivity index (χ3n) is 2.88. The quantitative estimate of drug-likeness (QED) is 0.793. The van der Waals surface area contributed by atoms with Crippen molar-refractivity contribution >= 4 is 21.6 Å². The molecule has 2 N–H and O–H groups in total. The normalized spacial score (nSPS) is 12.2. The number of sulfonamides is 1. The number of rotatable bonds is 6. The Morgan fingerprint density at radius 2 is 1.71 bits per heavy atom. The van der Waals surface area contributed by atoms with Gasteiger partial charge < -0.3 is 5.32 Å². The molecule has 0 unspecified atom stereocenters. The van der Waals surface area contributed by atoms with Crippen molar-refractivity contribution in [3.05, 3.63) is 24.3 Å². The Bertz CT molecular complexity index is 572. The zero-order valence-corrected chi connectivity index (χ0v) is 13.9. The van der Waals surface area contributed by atoms with Crippen molar-refractivity contribution in [1.82, 2.24) is 4.72 Å². The van der Waals surface area contributed by atoms with Crippen LogP contribution in [0.1, 0.15) is 40.5 Å². The minimum absolute atomic E-state index is 0.189. The molecule has 0 radical (unpaired) electrons. The molecule has 0 aliphatic carbocycles. The molecule has 21 heavy (non-hydrogen) atoms. The van der Waals surface area contributed by atoms with Gasteiger partial charge in [-0.3, -0.25) is 4.79 Å². The van der Waals surface area contributed by atoms with E-state index in [-0.39, 0.29) is 16.2 Å². The first-order valence-corrected chi connectivity index (χ1v) is 8.46. The summed E-state index contributed by atoms with van der Waals surface area (Å²) < 4.78 is 26.8. The number of nitrogens with one attached hydrogen (secondary N) is 2. The molecule has 0 spiro atoms. The monoisotopic (exact) mass is 312 g/mol. The molecule has 0 fully saturated rings. The Balaban J connectivity index is 2.60. The summed E-state index contributed by atoms with van der Waals surface area (Å²) >= 11 is 0. The van der Waals surface area contributed by atoms with Crippen LogP contribution in [0.4, 0.5) is 5.69 Å². The average Bonchev–Trinajstić information content (AvgIpc) is 2.33. The fourth-order valence-electron chi connectivity index (χ4n) is 1.83. The Morgan fingerprint density at radius 3 is 2.19 bits per heavy atom. The van der Waals surface area contributed by atoms with E-state index in [0.29, 0.717) is 12.2 Å². The second kappa shape index (κ2) is 7.04. The van der Waals surface area contributed by atoms with E-state index in [9.17, 15) is 13.2 Å². The maximum Gasteiger partial charge on any atom is 0.240 e. The summed E-state index contributed by atoms with van der Waals surface area (Å²) in [6.07, 6.45) is 1.75. The van der Waals surface area contributed by atoms with E-state index in [4.69, 9.17) is 0 Å². The van der Waals surface area contributed by atoms with Gasteiger partial charge in [0.2, 0.25) is 15.9 Å². The molecule has 0 aromatic heterocycles. The largest absolute Gasteiger partial charge is 0.326 e. The van der Waals surface area contributed by atoms with Crippen molar-refractivity contribution in [3.8, 4) is 0 Å². The molecular formula is C15H24N2O3S. The Kier molecular flexibility index (Phi) is 5.92. The average molecular weight is 312 g/mol. The van der Waals surface area contributed by atoms with Crippen LogP contribution in [-0.2, 0) is 14.8 Å². The lowest BCUT2D eigenvalue weighted by atomic mass is 9.91. The third kappa shape index (κ3) is 6.73. The van der Waals surface area contributed by atoms with E-state index in [1.54, 1.807) is 12.1 Å². The van der Waals surface area contributed by atoms with E-state index < -0.39 is 10.0 Å². The SMILES string of the molecule is CC(=O)Nc1ccc(S(=O)(=O)NCCCC(C)(C)C)cc1. The molecule has 1 aromatic carbocycles. The van der Waals surface area contributed by atoms with Crippen LogP contribution >= 0.6 is 0 Å². The fourth-order valence-corrected chi connectivity index (χ4v) is 2.90. The van der Waals surface area contributed by atoms with E-state index in [1.165, 1.54) is 19.1 Å². The van der Waals surface area contributed by atoms with Gasteiger partial charge in [0, 0.05) is 19.2 Å². The number of carbonyl (C=O) groups is 1. The van der Waals surface area contributed by atoms with Gasteiger partial charge in [-0.25, -0.2) is 13.1 Å². The highest BCUT2D eigenvalue weighted by atomic mass is 32.2. The van der Waals surface area contributed by atoms with Gasteiger partial charge in [0.1, 0.15) is 0 Å². The van der Waals surface area contributed by atoms with Gasteiger partial charge in [-0.1, -0.05) is 20.8 Å². The summed E-state index contributed by atoms with van der Waals surface area (Å²) in [5.41, 5.74) is 0.778. The lowest BCUT2D eigenvalue weighted by Crippen LogP contribution is -2.25. The minimum Gasteiger partial charge on any atom is -0.326 e. The molecule has 0 saturated carbocycles. The molecule has 118 valence electrons. The maximum atomic E-state index is 12.1. The molecule has 0 atom stereocenters. The van der Waals surface area contributed by atoms with Crippen LogP contribution in [0, 0.1) is 5.41 Å². The topological polar surface area (TPSA) is 75.3 Å². The fraction of sp³-hybridized carbons (Fsp3) is 0.533. The predicted octanol–water partition coefficient (Wildman–Crippen LogP) is 2.75. The van der Waals surface area contributed by atoms with Crippen LogP contribution < -0.4 is 10.0 Å². The van der Waals surface area contributed by atoms with Gasteiger partial charge in [0.15, 0.2) is 0 Å². The van der Waals surface area contributed by atoms with E-state index in [2.05, 4.69) is 30.8 Å². The molecule has 1 aromatic rings. The van der Waals surface area contributed by atoms with E-state index >= 15 is 0 Å². The zero-order chi connectivity index (χ0) is 16.1. The highest BCUT2D eigenvalue weighted by Gasteiger charge is 2.14.